The second-order valence-electron chi connectivity index (χ2n) is 8.03. The summed E-state index contributed by atoms with van der Waals surface area (Å²) in [5, 5.41) is 2.38. The Morgan fingerprint density at radius 1 is 1.07 bits per heavy atom. The van der Waals surface area contributed by atoms with Gasteiger partial charge in [-0.25, -0.2) is 0 Å². The van der Waals surface area contributed by atoms with Gasteiger partial charge in [-0.15, -0.1) is 0 Å². The third kappa shape index (κ3) is 1.94. The average molecular weight is 420 g/mol. The first-order valence-electron chi connectivity index (χ1n) is 9.73. The lowest BCUT2D eigenvalue weighted by atomic mass is 9.86. The van der Waals surface area contributed by atoms with Gasteiger partial charge in [-0.05, 0) is 37.3 Å². The third-order valence-electron chi connectivity index (χ3n) is 6.44. The van der Waals surface area contributed by atoms with E-state index in [1.165, 1.54) is 4.90 Å². The molecular weight excluding hydrogens is 402 g/mol. The molecule has 6 rings (SSSR count). The summed E-state index contributed by atoms with van der Waals surface area (Å²) in [5.74, 6) is -0.347. The number of aryl methyl sites for hydroxylation is 1. The summed E-state index contributed by atoms with van der Waals surface area (Å²) in [5.41, 5.74) is 5.25. The second-order valence-corrected chi connectivity index (χ2v) is 8.47. The van der Waals surface area contributed by atoms with E-state index < -0.39 is 12.0 Å². The highest BCUT2D eigenvalue weighted by atomic mass is 35.5. The average Bonchev–Trinajstić information content (AvgIpc) is 3.32. The number of nitrogens with zero attached hydrogens (tertiary/aromatic N) is 2. The van der Waals surface area contributed by atoms with Gasteiger partial charge in [-0.3, -0.25) is 14.5 Å². The van der Waals surface area contributed by atoms with Crippen molar-refractivity contribution in [1.82, 2.24) is 14.5 Å². The number of halogens is 1. The van der Waals surface area contributed by atoms with Gasteiger partial charge in [0.15, 0.2) is 5.75 Å². The molecule has 2 amide bonds. The molecule has 0 aliphatic carbocycles. The van der Waals surface area contributed by atoms with E-state index in [4.69, 9.17) is 16.3 Å². The van der Waals surface area contributed by atoms with Crippen LogP contribution in [0.15, 0.2) is 36.4 Å². The first kappa shape index (κ1) is 17.6. The van der Waals surface area contributed by atoms with E-state index in [0.29, 0.717) is 10.8 Å². The maximum atomic E-state index is 13.3. The van der Waals surface area contributed by atoms with Gasteiger partial charge < -0.3 is 14.3 Å². The lowest BCUT2D eigenvalue weighted by Crippen LogP contribution is -2.27. The number of nitrogens with one attached hydrogen (secondary N) is 1. The summed E-state index contributed by atoms with van der Waals surface area (Å²) in [4.78, 5) is 31.3. The molecule has 6 nitrogen and oxygen atoms in total. The molecule has 2 unspecified atom stereocenters. The van der Waals surface area contributed by atoms with E-state index in [9.17, 15) is 9.59 Å². The van der Waals surface area contributed by atoms with Crippen LogP contribution in [0, 0.1) is 6.92 Å². The van der Waals surface area contributed by atoms with E-state index in [0.717, 1.165) is 44.3 Å². The molecule has 1 saturated heterocycles. The molecule has 0 spiro atoms. The smallest absolute Gasteiger partial charge is 0.253 e. The number of likely N-dealkylation sites (tertiary alicyclic amines) is 1. The monoisotopic (exact) mass is 419 g/mol. The van der Waals surface area contributed by atoms with Crippen LogP contribution in [0.3, 0.4) is 0 Å². The Balaban J connectivity index is 1.84. The number of carbonyl (C=O) groups is 2. The number of aromatic amines is 1. The van der Waals surface area contributed by atoms with E-state index >= 15 is 0 Å². The highest BCUT2D eigenvalue weighted by Crippen LogP contribution is 2.55. The highest BCUT2D eigenvalue weighted by Gasteiger charge is 2.54. The van der Waals surface area contributed by atoms with Crippen LogP contribution in [0.1, 0.15) is 23.1 Å². The molecule has 2 atom stereocenters. The number of methoxy groups -OCH3 is 1. The number of imide groups is 1. The van der Waals surface area contributed by atoms with Crippen molar-refractivity contribution < 1.29 is 14.3 Å². The van der Waals surface area contributed by atoms with Crippen LogP contribution in [0.5, 0.6) is 5.75 Å². The van der Waals surface area contributed by atoms with Gasteiger partial charge in [0.05, 0.1) is 24.2 Å². The normalized spacial score (nSPS) is 20.1. The Morgan fingerprint density at radius 2 is 1.87 bits per heavy atom. The number of hydrogen-bond acceptors (Lipinski definition) is 3. The van der Waals surface area contributed by atoms with Crippen molar-refractivity contribution in [3.8, 4) is 17.1 Å². The summed E-state index contributed by atoms with van der Waals surface area (Å²) in [6.07, 6.45) is 0. The Hall–Kier alpha value is -3.25. The summed E-state index contributed by atoms with van der Waals surface area (Å²) in [6, 6.07) is 11.0. The molecule has 4 aromatic rings. The standard InChI is InChI=1S/C23H18ClN3O3/c1-10-4-7-14-13(8-10)16-17-19(23(29)26(2)22(17)28)27-15-9-11(24)5-6-12(15)21(30-3)20(27)18(16)25-14/h4-9,17,19,25H,1-3H3. The van der Waals surface area contributed by atoms with Gasteiger partial charge in [0.25, 0.3) is 5.91 Å². The van der Waals surface area contributed by atoms with Crippen molar-refractivity contribution in [3.63, 3.8) is 0 Å². The molecule has 150 valence electrons. The third-order valence-corrected chi connectivity index (χ3v) is 6.68. The lowest BCUT2D eigenvalue weighted by Gasteiger charge is -2.27. The van der Waals surface area contributed by atoms with Crippen molar-refractivity contribution in [2.45, 2.75) is 18.9 Å². The van der Waals surface area contributed by atoms with Gasteiger partial charge in [0.1, 0.15) is 11.7 Å². The van der Waals surface area contributed by atoms with Crippen LogP contribution >= 0.6 is 11.6 Å². The molecule has 30 heavy (non-hydrogen) atoms. The fourth-order valence-corrected chi connectivity index (χ4v) is 5.32. The first-order valence-corrected chi connectivity index (χ1v) is 10.1. The summed E-state index contributed by atoms with van der Waals surface area (Å²) in [7, 11) is 3.18. The maximum absolute atomic E-state index is 13.3. The van der Waals surface area contributed by atoms with Gasteiger partial charge in [-0.2, -0.15) is 0 Å². The van der Waals surface area contributed by atoms with Crippen molar-refractivity contribution in [2.24, 2.45) is 0 Å². The van der Waals surface area contributed by atoms with E-state index in [-0.39, 0.29) is 11.8 Å². The molecule has 2 aliphatic rings. The predicted octanol–water partition coefficient (Wildman–Crippen LogP) is 4.40. The SMILES string of the molecule is COc1c2n(c3cc(Cl)ccc13)C1C(=O)N(C)C(=O)C1c1c-2[nH]c2ccc(C)cc12. The molecule has 7 heteroatoms. The van der Waals surface area contributed by atoms with Crippen LogP contribution in [-0.4, -0.2) is 40.4 Å². The fourth-order valence-electron chi connectivity index (χ4n) is 5.15. The number of aromatic nitrogens is 2. The molecular formula is C23H18ClN3O3. The number of rotatable bonds is 1. The Kier molecular flexibility index (Phi) is 3.32. The van der Waals surface area contributed by atoms with E-state index in [1.54, 1.807) is 20.2 Å². The van der Waals surface area contributed by atoms with Gasteiger partial charge in [-0.1, -0.05) is 23.2 Å². The number of hydrogen-bond donors (Lipinski definition) is 1. The molecule has 1 fully saturated rings. The van der Waals surface area contributed by atoms with Crippen molar-refractivity contribution in [2.75, 3.05) is 14.2 Å². The number of amides is 2. The van der Waals surface area contributed by atoms with E-state index in [1.807, 2.05) is 35.8 Å². The highest BCUT2D eigenvalue weighted by molar-refractivity contribution is 6.31. The number of likely N-dealkylation sites (N-methyl/N-ethyl adjacent to an activating group) is 1. The van der Waals surface area contributed by atoms with Gasteiger partial charge in [0.2, 0.25) is 5.91 Å². The van der Waals surface area contributed by atoms with Gasteiger partial charge >= 0.3 is 0 Å². The van der Waals surface area contributed by atoms with Crippen LogP contribution < -0.4 is 4.74 Å². The van der Waals surface area contributed by atoms with E-state index in [2.05, 4.69) is 11.1 Å². The zero-order valence-electron chi connectivity index (χ0n) is 16.6. The first-order chi connectivity index (χ1) is 14.4. The van der Waals surface area contributed by atoms with Crippen LogP contribution in [0.4, 0.5) is 0 Å². The number of fused-ring (bicyclic) bond motifs is 10. The predicted molar refractivity (Wildman–Crippen MR) is 115 cm³/mol. The minimum atomic E-state index is -0.672. The second kappa shape index (κ2) is 5.67. The summed E-state index contributed by atoms with van der Waals surface area (Å²) in [6.45, 7) is 2.02. The topological polar surface area (TPSA) is 67.3 Å². The number of ether oxygens (including phenoxy) is 1. The van der Waals surface area contributed by atoms with Crippen LogP contribution in [0.2, 0.25) is 5.02 Å². The Labute approximate surface area is 177 Å². The molecule has 2 aromatic carbocycles. The molecule has 0 radical (unpaired) electrons. The molecule has 2 aromatic heterocycles. The van der Waals surface area contributed by atoms with Crippen LogP contribution in [0.25, 0.3) is 33.2 Å². The quantitative estimate of drug-likeness (QED) is 0.465. The molecule has 1 N–H and O–H groups in total. The number of benzene rings is 2. The zero-order chi connectivity index (χ0) is 20.9. The van der Waals surface area contributed by atoms with Crippen molar-refractivity contribution in [1.29, 1.82) is 0 Å². The fraction of sp³-hybridized carbons (Fsp3) is 0.217. The summed E-state index contributed by atoms with van der Waals surface area (Å²) >= 11 is 6.31. The van der Waals surface area contributed by atoms with Crippen LogP contribution in [-0.2, 0) is 9.59 Å². The van der Waals surface area contributed by atoms with Crippen molar-refractivity contribution in [3.05, 3.63) is 52.5 Å². The lowest BCUT2D eigenvalue weighted by molar-refractivity contribution is -0.137. The summed E-state index contributed by atoms with van der Waals surface area (Å²) < 4.78 is 7.76. The largest absolute Gasteiger partial charge is 0.494 e. The minimum Gasteiger partial charge on any atom is -0.494 e. The molecule has 0 saturated carbocycles. The van der Waals surface area contributed by atoms with Gasteiger partial charge in [0, 0.05) is 33.9 Å². The zero-order valence-corrected chi connectivity index (χ0v) is 17.4. The Bertz CT molecular complexity index is 1430. The molecule has 0 bridgehead atoms. The molecule has 2 aliphatic heterocycles. The molecule has 4 heterocycles. The van der Waals surface area contributed by atoms with Crippen molar-refractivity contribution >= 4 is 45.2 Å². The number of H-pyrrole nitrogens is 1. The number of carbonyl (C=O) groups excluding carboxylic acids is 2. The Morgan fingerprint density at radius 3 is 2.63 bits per heavy atom. The minimum absolute atomic E-state index is 0.192. The maximum Gasteiger partial charge on any atom is 0.253 e.